The Labute approximate surface area is 107 Å². The van der Waals surface area contributed by atoms with Gasteiger partial charge in [0.1, 0.15) is 5.82 Å². The predicted octanol–water partition coefficient (Wildman–Crippen LogP) is 1.90. The van der Waals surface area contributed by atoms with Crippen molar-refractivity contribution in [1.29, 1.82) is 0 Å². The van der Waals surface area contributed by atoms with Crippen molar-refractivity contribution >= 4 is 5.91 Å². The van der Waals surface area contributed by atoms with E-state index in [-0.39, 0.29) is 17.8 Å². The van der Waals surface area contributed by atoms with E-state index >= 15 is 0 Å². The van der Waals surface area contributed by atoms with Crippen LogP contribution in [0.25, 0.3) is 0 Å². The summed E-state index contributed by atoms with van der Waals surface area (Å²) < 4.78 is 12.9. The minimum atomic E-state index is -0.313. The largest absolute Gasteiger partial charge is 0.333 e. The number of nitrogens with zero attached hydrogens (tertiary/aromatic N) is 1. The highest BCUT2D eigenvalue weighted by Crippen LogP contribution is 2.16. The first-order valence-electron chi connectivity index (χ1n) is 6.37. The molecule has 0 aliphatic carbocycles. The van der Waals surface area contributed by atoms with Crippen molar-refractivity contribution in [3.8, 4) is 0 Å². The van der Waals surface area contributed by atoms with Gasteiger partial charge in [0.05, 0.1) is 0 Å². The molecule has 1 aliphatic heterocycles. The summed E-state index contributed by atoms with van der Waals surface area (Å²) in [5.41, 5.74) is 0.559. The van der Waals surface area contributed by atoms with Crippen LogP contribution >= 0.6 is 0 Å². The summed E-state index contributed by atoms with van der Waals surface area (Å²) in [6, 6.07) is 5.98. The zero-order chi connectivity index (χ0) is 13.1. The van der Waals surface area contributed by atoms with Gasteiger partial charge in [0.25, 0.3) is 5.91 Å². The van der Waals surface area contributed by atoms with Gasteiger partial charge in [-0.25, -0.2) is 4.39 Å². The average Bonchev–Trinajstić information content (AvgIpc) is 2.39. The van der Waals surface area contributed by atoms with Gasteiger partial charge in [-0.05, 0) is 30.2 Å². The van der Waals surface area contributed by atoms with E-state index in [9.17, 15) is 9.18 Å². The lowest BCUT2D eigenvalue weighted by atomic mass is 9.99. The summed E-state index contributed by atoms with van der Waals surface area (Å²) in [6.45, 7) is 6.57. The molecule has 0 aromatic heterocycles. The Bertz CT molecular complexity index is 416. The lowest BCUT2D eigenvalue weighted by Crippen LogP contribution is -2.55. The molecule has 1 amide bonds. The SMILES string of the molecule is CC(C)C1CNCCN1C(=O)c1ccc(F)cc1. The Kier molecular flexibility index (Phi) is 3.97. The number of piperazine rings is 1. The highest BCUT2D eigenvalue weighted by molar-refractivity contribution is 5.94. The van der Waals surface area contributed by atoms with Crippen LogP contribution in [0.3, 0.4) is 0 Å². The maximum Gasteiger partial charge on any atom is 0.254 e. The van der Waals surface area contributed by atoms with Gasteiger partial charge in [-0.1, -0.05) is 13.8 Å². The molecule has 4 heteroatoms. The van der Waals surface area contributed by atoms with Crippen LogP contribution in [-0.4, -0.2) is 36.5 Å². The highest BCUT2D eigenvalue weighted by atomic mass is 19.1. The van der Waals surface area contributed by atoms with Gasteiger partial charge in [-0.15, -0.1) is 0 Å². The second kappa shape index (κ2) is 5.48. The molecule has 3 nitrogen and oxygen atoms in total. The fourth-order valence-electron chi connectivity index (χ4n) is 2.33. The zero-order valence-electron chi connectivity index (χ0n) is 10.8. The number of rotatable bonds is 2. The van der Waals surface area contributed by atoms with Crippen molar-refractivity contribution in [1.82, 2.24) is 10.2 Å². The van der Waals surface area contributed by atoms with E-state index in [2.05, 4.69) is 19.2 Å². The Morgan fingerprint density at radius 3 is 2.67 bits per heavy atom. The van der Waals surface area contributed by atoms with Crippen LogP contribution in [0.5, 0.6) is 0 Å². The van der Waals surface area contributed by atoms with Crippen LogP contribution in [0.2, 0.25) is 0 Å². The molecule has 0 bridgehead atoms. The number of hydrogen-bond donors (Lipinski definition) is 1. The van der Waals surface area contributed by atoms with E-state index in [0.29, 0.717) is 18.0 Å². The van der Waals surface area contributed by atoms with Gasteiger partial charge in [-0.2, -0.15) is 0 Å². The Morgan fingerprint density at radius 2 is 2.06 bits per heavy atom. The molecule has 0 radical (unpaired) electrons. The van der Waals surface area contributed by atoms with Crippen molar-refractivity contribution in [3.63, 3.8) is 0 Å². The van der Waals surface area contributed by atoms with E-state index in [4.69, 9.17) is 0 Å². The second-order valence-corrected chi connectivity index (χ2v) is 5.02. The van der Waals surface area contributed by atoms with Crippen molar-refractivity contribution in [2.24, 2.45) is 5.92 Å². The summed E-state index contributed by atoms with van der Waals surface area (Å²) in [4.78, 5) is 14.3. The summed E-state index contributed by atoms with van der Waals surface area (Å²) in [7, 11) is 0. The standard InChI is InChI=1S/C14H19FN2O/c1-10(2)13-9-16-7-8-17(13)14(18)11-3-5-12(15)6-4-11/h3-6,10,13,16H,7-9H2,1-2H3. The molecule has 1 saturated heterocycles. The van der Waals surface area contributed by atoms with Crippen LogP contribution in [0.1, 0.15) is 24.2 Å². The molecule has 1 heterocycles. The number of halogens is 1. The Balaban J connectivity index is 2.18. The molecule has 0 saturated carbocycles. The molecule has 98 valence electrons. The smallest absolute Gasteiger partial charge is 0.254 e. The first kappa shape index (κ1) is 13.0. The fraction of sp³-hybridized carbons (Fsp3) is 0.500. The summed E-state index contributed by atoms with van der Waals surface area (Å²) >= 11 is 0. The van der Waals surface area contributed by atoms with Gasteiger partial charge in [0.2, 0.25) is 0 Å². The molecule has 1 unspecified atom stereocenters. The normalized spacial score (nSPS) is 20.2. The molecule has 1 aliphatic rings. The topological polar surface area (TPSA) is 32.3 Å². The monoisotopic (exact) mass is 250 g/mol. The average molecular weight is 250 g/mol. The number of nitrogens with one attached hydrogen (secondary N) is 1. The van der Waals surface area contributed by atoms with Crippen LogP contribution < -0.4 is 5.32 Å². The molecule has 1 N–H and O–H groups in total. The molecule has 1 aromatic rings. The van der Waals surface area contributed by atoms with Crippen molar-refractivity contribution in [2.75, 3.05) is 19.6 Å². The van der Waals surface area contributed by atoms with Crippen molar-refractivity contribution < 1.29 is 9.18 Å². The van der Waals surface area contributed by atoms with Crippen LogP contribution in [-0.2, 0) is 0 Å². The third kappa shape index (κ3) is 2.70. The van der Waals surface area contributed by atoms with E-state index in [1.54, 1.807) is 12.1 Å². The molecule has 1 fully saturated rings. The highest BCUT2D eigenvalue weighted by Gasteiger charge is 2.29. The molecular weight excluding hydrogens is 231 g/mol. The molecule has 18 heavy (non-hydrogen) atoms. The lowest BCUT2D eigenvalue weighted by Gasteiger charge is -2.38. The molecule has 2 rings (SSSR count). The maximum atomic E-state index is 12.9. The zero-order valence-corrected chi connectivity index (χ0v) is 10.8. The number of hydrogen-bond acceptors (Lipinski definition) is 2. The van der Waals surface area contributed by atoms with E-state index in [1.807, 2.05) is 4.90 Å². The molecule has 0 spiro atoms. The third-order valence-electron chi connectivity index (χ3n) is 3.40. The number of carbonyl (C=O) groups is 1. The first-order chi connectivity index (χ1) is 8.59. The minimum absolute atomic E-state index is 0.00444. The maximum absolute atomic E-state index is 12.9. The van der Waals surface area contributed by atoms with Gasteiger partial charge in [-0.3, -0.25) is 4.79 Å². The van der Waals surface area contributed by atoms with Gasteiger partial charge < -0.3 is 10.2 Å². The quantitative estimate of drug-likeness (QED) is 0.869. The molecule has 1 aromatic carbocycles. The number of amides is 1. The first-order valence-corrected chi connectivity index (χ1v) is 6.37. The van der Waals surface area contributed by atoms with Crippen LogP contribution in [0.15, 0.2) is 24.3 Å². The predicted molar refractivity (Wildman–Crippen MR) is 68.9 cm³/mol. The molecular formula is C14H19FN2O. The third-order valence-corrected chi connectivity index (χ3v) is 3.40. The summed E-state index contributed by atoms with van der Waals surface area (Å²) in [5, 5.41) is 3.31. The van der Waals surface area contributed by atoms with Crippen LogP contribution in [0, 0.1) is 11.7 Å². The van der Waals surface area contributed by atoms with E-state index in [1.165, 1.54) is 12.1 Å². The summed E-state index contributed by atoms with van der Waals surface area (Å²) in [6.07, 6.45) is 0. The lowest BCUT2D eigenvalue weighted by molar-refractivity contribution is 0.0573. The second-order valence-electron chi connectivity index (χ2n) is 5.02. The van der Waals surface area contributed by atoms with Gasteiger partial charge in [0, 0.05) is 31.2 Å². The van der Waals surface area contributed by atoms with Crippen LogP contribution in [0.4, 0.5) is 4.39 Å². The fourth-order valence-corrected chi connectivity index (χ4v) is 2.33. The Hall–Kier alpha value is -1.42. The van der Waals surface area contributed by atoms with E-state index in [0.717, 1.165) is 13.1 Å². The minimum Gasteiger partial charge on any atom is -0.333 e. The number of benzene rings is 1. The Morgan fingerprint density at radius 1 is 1.39 bits per heavy atom. The van der Waals surface area contributed by atoms with E-state index < -0.39 is 0 Å². The number of carbonyl (C=O) groups excluding carboxylic acids is 1. The summed E-state index contributed by atoms with van der Waals surface area (Å²) in [5.74, 6) is 0.0877. The van der Waals surface area contributed by atoms with Gasteiger partial charge >= 0.3 is 0 Å². The van der Waals surface area contributed by atoms with Crippen molar-refractivity contribution in [2.45, 2.75) is 19.9 Å². The van der Waals surface area contributed by atoms with Gasteiger partial charge in [0.15, 0.2) is 0 Å². The molecule has 1 atom stereocenters. The van der Waals surface area contributed by atoms with Crippen molar-refractivity contribution in [3.05, 3.63) is 35.6 Å².